The summed E-state index contributed by atoms with van der Waals surface area (Å²) < 4.78 is 9.22. The lowest BCUT2D eigenvalue weighted by atomic mass is 9.78. The van der Waals surface area contributed by atoms with E-state index in [1.165, 1.54) is 55.7 Å². The van der Waals surface area contributed by atoms with Crippen LogP contribution in [0.15, 0.2) is 143 Å². The average molecular weight is 565 g/mol. The molecule has 44 heavy (non-hydrogen) atoms. The standard InChI is InChI=1S/C40H26N3O/c1-2-12-25(13-3-1)41-33-22-21-24-11-4-5-14-26(24)38(33)43-39-31(23-35-36(40(39)41)30-16-7-9-20-34(30)44-35)29-18-10-17-28-27-15-6-8-19-32(27)42(43)37(28)29/h1-23,37-39H/q+1. The molecule has 5 aromatic rings. The van der Waals surface area contributed by atoms with Crippen molar-refractivity contribution in [1.29, 1.82) is 0 Å². The Labute approximate surface area is 254 Å². The zero-order valence-electron chi connectivity index (χ0n) is 23.8. The summed E-state index contributed by atoms with van der Waals surface area (Å²) in [6.07, 6.45) is 13.9. The molecule has 4 heteroatoms. The summed E-state index contributed by atoms with van der Waals surface area (Å²) in [7, 11) is 0. The number of anilines is 1. The SMILES string of the molecule is C1=CC2=C3C=c4oc5ccccc5c4=C4C3N(C3C(=[N+]4c4ccccc4)C=Cc4ccccc43)N3c4ccccc4C(=C1)C23. The van der Waals surface area contributed by atoms with E-state index in [4.69, 9.17) is 4.42 Å². The van der Waals surface area contributed by atoms with Crippen LogP contribution in [0.1, 0.15) is 22.7 Å². The molecule has 0 saturated carbocycles. The number of fused-ring (bicyclic) bond motifs is 11. The minimum atomic E-state index is -0.0292. The maximum Gasteiger partial charge on any atom is 0.223 e. The van der Waals surface area contributed by atoms with Gasteiger partial charge in [-0.3, -0.25) is 5.01 Å². The number of rotatable bonds is 1. The number of hydrogen-bond acceptors (Lipinski definition) is 3. The summed E-state index contributed by atoms with van der Waals surface area (Å²) >= 11 is 0. The van der Waals surface area contributed by atoms with Gasteiger partial charge in [0.25, 0.3) is 0 Å². The van der Waals surface area contributed by atoms with E-state index in [1.807, 2.05) is 0 Å². The molecule has 3 aliphatic carbocycles. The first-order valence-electron chi connectivity index (χ1n) is 15.4. The highest BCUT2D eigenvalue weighted by atomic mass is 16.3. The molecule has 6 aliphatic rings. The molecule has 11 rings (SSSR count). The van der Waals surface area contributed by atoms with Crippen molar-refractivity contribution >= 4 is 51.5 Å². The van der Waals surface area contributed by atoms with E-state index >= 15 is 0 Å². The van der Waals surface area contributed by atoms with Gasteiger partial charge in [0.15, 0.2) is 0 Å². The van der Waals surface area contributed by atoms with Gasteiger partial charge in [-0.25, -0.2) is 0 Å². The van der Waals surface area contributed by atoms with Crippen LogP contribution in [0, 0.1) is 0 Å². The Hall–Kier alpha value is -5.45. The second-order valence-corrected chi connectivity index (χ2v) is 12.3. The Morgan fingerprint density at radius 3 is 2.45 bits per heavy atom. The fourth-order valence-electron chi connectivity index (χ4n) is 8.57. The summed E-state index contributed by atoms with van der Waals surface area (Å²) in [4.78, 5) is 0. The predicted molar refractivity (Wildman–Crippen MR) is 175 cm³/mol. The molecule has 0 bridgehead atoms. The zero-order chi connectivity index (χ0) is 28.5. The van der Waals surface area contributed by atoms with E-state index in [2.05, 4.69) is 154 Å². The summed E-state index contributed by atoms with van der Waals surface area (Å²) in [5.41, 5.74) is 14.7. The summed E-state index contributed by atoms with van der Waals surface area (Å²) in [5, 5.41) is 7.67. The second kappa shape index (κ2) is 8.13. The highest BCUT2D eigenvalue weighted by molar-refractivity contribution is 6.06. The first-order valence-corrected chi connectivity index (χ1v) is 15.4. The van der Waals surface area contributed by atoms with Crippen LogP contribution in [0.25, 0.3) is 34.4 Å². The number of nitrogens with zero attached hydrogens (tertiary/aromatic N) is 3. The second-order valence-electron chi connectivity index (χ2n) is 12.3. The van der Waals surface area contributed by atoms with E-state index in [0.29, 0.717) is 0 Å². The first kappa shape index (κ1) is 23.1. The number of para-hydroxylation sites is 3. The molecule has 3 unspecified atom stereocenters. The molecule has 0 radical (unpaired) electrons. The van der Waals surface area contributed by atoms with Gasteiger partial charge in [0, 0.05) is 29.2 Å². The third kappa shape index (κ3) is 2.71. The van der Waals surface area contributed by atoms with Crippen LogP contribution in [0.5, 0.6) is 0 Å². The van der Waals surface area contributed by atoms with Crippen molar-refractivity contribution in [3.8, 4) is 0 Å². The molecule has 0 saturated heterocycles. The highest BCUT2D eigenvalue weighted by Gasteiger charge is 2.59. The number of hydrazine groups is 1. The van der Waals surface area contributed by atoms with Crippen LogP contribution >= 0.6 is 0 Å². The first-order chi connectivity index (χ1) is 21.9. The van der Waals surface area contributed by atoms with Gasteiger partial charge in [0.2, 0.25) is 17.1 Å². The van der Waals surface area contributed by atoms with Crippen LogP contribution in [0.4, 0.5) is 11.4 Å². The third-order valence-corrected chi connectivity index (χ3v) is 10.2. The quantitative estimate of drug-likeness (QED) is 0.213. The fraction of sp³-hybridized carbons (Fsp3) is 0.0750. The summed E-state index contributed by atoms with van der Waals surface area (Å²) in [5.74, 6) is 0. The molecule has 4 heterocycles. The Bertz CT molecular complexity index is 2420. The molecule has 4 nitrogen and oxygen atoms in total. The van der Waals surface area contributed by atoms with Gasteiger partial charge in [0.1, 0.15) is 23.1 Å². The molecule has 206 valence electrons. The lowest BCUT2D eigenvalue weighted by Crippen LogP contribution is -2.65. The summed E-state index contributed by atoms with van der Waals surface area (Å²) in [6.45, 7) is 0. The molecule has 0 amide bonds. The number of furan rings is 1. The largest absolute Gasteiger partial charge is 0.456 e. The number of hydrogen-bond donors (Lipinski definition) is 0. The van der Waals surface area contributed by atoms with Crippen molar-refractivity contribution in [2.45, 2.75) is 18.1 Å². The molecule has 0 fully saturated rings. The van der Waals surface area contributed by atoms with E-state index in [-0.39, 0.29) is 18.1 Å². The van der Waals surface area contributed by atoms with Crippen molar-refractivity contribution in [3.63, 3.8) is 0 Å². The van der Waals surface area contributed by atoms with Crippen molar-refractivity contribution in [2.24, 2.45) is 0 Å². The van der Waals surface area contributed by atoms with Gasteiger partial charge in [-0.2, -0.15) is 9.58 Å². The third-order valence-electron chi connectivity index (χ3n) is 10.2. The Morgan fingerprint density at radius 2 is 1.50 bits per heavy atom. The predicted octanol–water partition coefficient (Wildman–Crippen LogP) is 6.64. The number of benzene rings is 4. The van der Waals surface area contributed by atoms with Gasteiger partial charge in [0.05, 0.1) is 16.9 Å². The van der Waals surface area contributed by atoms with E-state index in [9.17, 15) is 0 Å². The molecule has 3 aliphatic heterocycles. The van der Waals surface area contributed by atoms with Gasteiger partial charge in [-0.05, 0) is 52.1 Å². The monoisotopic (exact) mass is 564 g/mol. The van der Waals surface area contributed by atoms with Gasteiger partial charge < -0.3 is 4.42 Å². The van der Waals surface area contributed by atoms with Gasteiger partial charge in [-0.1, -0.05) is 97.1 Å². The Morgan fingerprint density at radius 1 is 0.682 bits per heavy atom. The minimum absolute atomic E-state index is 0.00753. The minimum Gasteiger partial charge on any atom is -0.456 e. The van der Waals surface area contributed by atoms with Crippen LogP contribution in [-0.2, 0) is 0 Å². The van der Waals surface area contributed by atoms with Crippen molar-refractivity contribution in [2.75, 3.05) is 5.01 Å². The highest BCUT2D eigenvalue weighted by Crippen LogP contribution is 2.55. The van der Waals surface area contributed by atoms with Crippen LogP contribution in [-0.4, -0.2) is 27.4 Å². The molecular formula is C40H26N3O+. The maximum absolute atomic E-state index is 6.68. The van der Waals surface area contributed by atoms with Crippen molar-refractivity contribution in [1.82, 2.24) is 5.01 Å². The topological polar surface area (TPSA) is 22.6 Å². The lowest BCUT2D eigenvalue weighted by Gasteiger charge is -2.53. The van der Waals surface area contributed by atoms with E-state index < -0.39 is 0 Å². The molecule has 1 aromatic heterocycles. The average Bonchev–Trinajstić information content (AvgIpc) is 3.63. The Balaban J connectivity index is 1.37. The molecule has 0 spiro atoms. The maximum atomic E-state index is 6.68. The lowest BCUT2D eigenvalue weighted by molar-refractivity contribution is -0.355. The van der Waals surface area contributed by atoms with Gasteiger partial charge in [-0.15, -0.1) is 0 Å². The van der Waals surface area contributed by atoms with Crippen LogP contribution in [0.2, 0.25) is 0 Å². The summed E-state index contributed by atoms with van der Waals surface area (Å²) in [6, 6.07) is 37.3. The van der Waals surface area contributed by atoms with Crippen LogP contribution in [0.3, 0.4) is 0 Å². The Kier molecular flexibility index (Phi) is 4.26. The van der Waals surface area contributed by atoms with Crippen molar-refractivity contribution in [3.05, 3.63) is 166 Å². The smallest absolute Gasteiger partial charge is 0.223 e. The van der Waals surface area contributed by atoms with Crippen molar-refractivity contribution < 1.29 is 8.99 Å². The fourth-order valence-corrected chi connectivity index (χ4v) is 8.57. The molecule has 3 atom stereocenters. The molecule has 0 N–H and O–H groups in total. The molecule has 4 aromatic carbocycles. The van der Waals surface area contributed by atoms with E-state index in [1.54, 1.807) is 0 Å². The number of allylic oxidation sites excluding steroid dienone is 2. The normalized spacial score (nSPS) is 23.5. The molecular weight excluding hydrogens is 538 g/mol. The van der Waals surface area contributed by atoms with Gasteiger partial charge >= 0.3 is 0 Å². The van der Waals surface area contributed by atoms with Crippen LogP contribution < -0.4 is 15.6 Å². The van der Waals surface area contributed by atoms with E-state index in [0.717, 1.165) is 22.1 Å². The zero-order valence-corrected chi connectivity index (χ0v) is 23.8.